The van der Waals surface area contributed by atoms with Crippen molar-refractivity contribution >= 4 is 15.9 Å². The van der Waals surface area contributed by atoms with Gasteiger partial charge in [-0.2, -0.15) is 0 Å². The molecule has 102 valence electrons. The molecule has 0 spiro atoms. The van der Waals surface area contributed by atoms with E-state index in [1.54, 1.807) is 7.11 Å². The van der Waals surface area contributed by atoms with Gasteiger partial charge in [-0.15, -0.1) is 0 Å². The number of nitrogens with one attached hydrogen (secondary N) is 1. The largest absolute Gasteiger partial charge is 0.497 e. The van der Waals surface area contributed by atoms with E-state index in [4.69, 9.17) is 9.47 Å². The number of unbranched alkanes of at least 4 members (excludes halogenated alkanes) is 2. The summed E-state index contributed by atoms with van der Waals surface area (Å²) in [6, 6.07) is 7.66. The molecule has 0 heterocycles. The van der Waals surface area contributed by atoms with Crippen LogP contribution in [0.3, 0.4) is 0 Å². The van der Waals surface area contributed by atoms with E-state index in [1.165, 1.54) is 19.3 Å². The fourth-order valence-corrected chi connectivity index (χ4v) is 1.96. The SMILES string of the molecule is COc1ccc(OCCNCCCCCBr)cc1. The summed E-state index contributed by atoms with van der Waals surface area (Å²) in [7, 11) is 1.66. The molecule has 0 radical (unpaired) electrons. The minimum Gasteiger partial charge on any atom is -0.497 e. The molecule has 3 nitrogen and oxygen atoms in total. The Morgan fingerprint density at radius 2 is 1.72 bits per heavy atom. The van der Waals surface area contributed by atoms with Crippen LogP contribution in [0, 0.1) is 0 Å². The Bertz CT molecular complexity index is 303. The molecule has 1 N–H and O–H groups in total. The number of rotatable bonds is 10. The van der Waals surface area contributed by atoms with Crippen LogP contribution < -0.4 is 14.8 Å². The lowest BCUT2D eigenvalue weighted by molar-refractivity contribution is 0.313. The molecule has 0 fully saturated rings. The minimum atomic E-state index is 0.699. The highest BCUT2D eigenvalue weighted by molar-refractivity contribution is 9.09. The van der Waals surface area contributed by atoms with E-state index in [1.807, 2.05) is 24.3 Å². The number of methoxy groups -OCH3 is 1. The molecule has 0 aliphatic heterocycles. The summed E-state index contributed by atoms with van der Waals surface area (Å²) < 4.78 is 10.7. The number of benzene rings is 1. The maximum Gasteiger partial charge on any atom is 0.119 e. The molecule has 0 atom stereocenters. The van der Waals surface area contributed by atoms with Crippen LogP contribution in [0.25, 0.3) is 0 Å². The second-order valence-electron chi connectivity index (χ2n) is 4.02. The summed E-state index contributed by atoms with van der Waals surface area (Å²) in [6.45, 7) is 2.66. The molecule has 4 heteroatoms. The Hall–Kier alpha value is -0.740. The summed E-state index contributed by atoms with van der Waals surface area (Å²) in [5.74, 6) is 1.74. The van der Waals surface area contributed by atoms with Gasteiger partial charge in [0.2, 0.25) is 0 Å². The van der Waals surface area contributed by atoms with Gasteiger partial charge < -0.3 is 14.8 Å². The number of halogens is 1. The van der Waals surface area contributed by atoms with Crippen LogP contribution in [-0.2, 0) is 0 Å². The van der Waals surface area contributed by atoms with E-state index in [2.05, 4.69) is 21.2 Å². The van der Waals surface area contributed by atoms with Gasteiger partial charge in [-0.3, -0.25) is 0 Å². The summed E-state index contributed by atoms with van der Waals surface area (Å²) in [5.41, 5.74) is 0. The van der Waals surface area contributed by atoms with Crippen molar-refractivity contribution in [3.05, 3.63) is 24.3 Å². The average molecular weight is 316 g/mol. The molecule has 0 bridgehead atoms. The molecule has 1 aromatic rings. The first kappa shape index (κ1) is 15.3. The molecule has 1 rings (SSSR count). The quantitative estimate of drug-likeness (QED) is 0.531. The van der Waals surface area contributed by atoms with Gasteiger partial charge in [-0.05, 0) is 43.7 Å². The lowest BCUT2D eigenvalue weighted by atomic mass is 10.2. The second-order valence-corrected chi connectivity index (χ2v) is 4.82. The summed E-state index contributed by atoms with van der Waals surface area (Å²) in [4.78, 5) is 0. The molecule has 1 aromatic carbocycles. The smallest absolute Gasteiger partial charge is 0.119 e. The van der Waals surface area contributed by atoms with Gasteiger partial charge in [-0.1, -0.05) is 22.4 Å². The van der Waals surface area contributed by atoms with E-state index < -0.39 is 0 Å². The van der Waals surface area contributed by atoms with Gasteiger partial charge in [0.25, 0.3) is 0 Å². The van der Waals surface area contributed by atoms with Crippen molar-refractivity contribution in [2.24, 2.45) is 0 Å². The van der Waals surface area contributed by atoms with Crippen LogP contribution in [0.15, 0.2) is 24.3 Å². The number of hydrogen-bond donors (Lipinski definition) is 1. The van der Waals surface area contributed by atoms with Gasteiger partial charge in [0, 0.05) is 11.9 Å². The molecule has 0 saturated carbocycles. The predicted molar refractivity (Wildman–Crippen MR) is 79.0 cm³/mol. The molecule has 0 unspecified atom stereocenters. The highest BCUT2D eigenvalue weighted by atomic mass is 79.9. The summed E-state index contributed by atoms with van der Waals surface area (Å²) in [6.07, 6.45) is 3.76. The number of ether oxygens (including phenoxy) is 2. The van der Waals surface area contributed by atoms with Crippen molar-refractivity contribution < 1.29 is 9.47 Å². The zero-order chi connectivity index (χ0) is 13.1. The van der Waals surface area contributed by atoms with Crippen LogP contribution in [0.4, 0.5) is 0 Å². The highest BCUT2D eigenvalue weighted by Crippen LogP contribution is 2.16. The van der Waals surface area contributed by atoms with Crippen molar-refractivity contribution in [2.75, 3.05) is 32.1 Å². The molecular formula is C14H22BrNO2. The Morgan fingerprint density at radius 3 is 2.39 bits per heavy atom. The van der Waals surface area contributed by atoms with Crippen molar-refractivity contribution in [2.45, 2.75) is 19.3 Å². The van der Waals surface area contributed by atoms with Crippen molar-refractivity contribution in [1.82, 2.24) is 5.32 Å². The van der Waals surface area contributed by atoms with Crippen LogP contribution in [0.1, 0.15) is 19.3 Å². The van der Waals surface area contributed by atoms with E-state index in [0.29, 0.717) is 6.61 Å². The lowest BCUT2D eigenvalue weighted by Crippen LogP contribution is -2.22. The van der Waals surface area contributed by atoms with Crippen LogP contribution >= 0.6 is 15.9 Å². The van der Waals surface area contributed by atoms with E-state index >= 15 is 0 Å². The van der Waals surface area contributed by atoms with Gasteiger partial charge in [0.15, 0.2) is 0 Å². The molecular weight excluding hydrogens is 294 g/mol. The Balaban J connectivity index is 2.00. The molecule has 18 heavy (non-hydrogen) atoms. The topological polar surface area (TPSA) is 30.5 Å². The third-order valence-corrected chi connectivity index (χ3v) is 3.15. The third-order valence-electron chi connectivity index (χ3n) is 2.59. The van der Waals surface area contributed by atoms with E-state index in [-0.39, 0.29) is 0 Å². The molecule has 0 aromatic heterocycles. The first-order chi connectivity index (χ1) is 8.86. The van der Waals surface area contributed by atoms with Crippen LogP contribution in [0.5, 0.6) is 11.5 Å². The summed E-state index contributed by atoms with van der Waals surface area (Å²) >= 11 is 3.43. The first-order valence-corrected chi connectivity index (χ1v) is 7.52. The van der Waals surface area contributed by atoms with E-state index in [0.717, 1.165) is 29.9 Å². The maximum absolute atomic E-state index is 5.61. The van der Waals surface area contributed by atoms with Crippen molar-refractivity contribution in [3.8, 4) is 11.5 Å². The van der Waals surface area contributed by atoms with Crippen molar-refractivity contribution in [3.63, 3.8) is 0 Å². The maximum atomic E-state index is 5.61. The molecule has 0 aliphatic rings. The fraction of sp³-hybridized carbons (Fsp3) is 0.571. The van der Waals surface area contributed by atoms with Crippen LogP contribution in [-0.4, -0.2) is 32.1 Å². The summed E-state index contributed by atoms with van der Waals surface area (Å²) in [5, 5.41) is 4.48. The minimum absolute atomic E-state index is 0.699. The van der Waals surface area contributed by atoms with Gasteiger partial charge in [-0.25, -0.2) is 0 Å². The third kappa shape index (κ3) is 6.87. The average Bonchev–Trinajstić information content (AvgIpc) is 2.42. The fourth-order valence-electron chi connectivity index (χ4n) is 1.56. The van der Waals surface area contributed by atoms with E-state index in [9.17, 15) is 0 Å². The second kappa shape index (κ2) is 10.2. The van der Waals surface area contributed by atoms with Crippen LogP contribution in [0.2, 0.25) is 0 Å². The lowest BCUT2D eigenvalue weighted by Gasteiger charge is -2.08. The Labute approximate surface area is 118 Å². The standard InChI is InChI=1S/C14H22BrNO2/c1-17-13-5-7-14(8-6-13)18-12-11-16-10-4-2-3-9-15/h5-8,16H,2-4,9-12H2,1H3. The normalized spacial score (nSPS) is 10.3. The molecule has 0 amide bonds. The predicted octanol–water partition coefficient (Wildman–Crippen LogP) is 3.23. The Morgan fingerprint density at radius 1 is 1.00 bits per heavy atom. The first-order valence-electron chi connectivity index (χ1n) is 6.40. The zero-order valence-corrected chi connectivity index (χ0v) is 12.5. The zero-order valence-electron chi connectivity index (χ0n) is 11.0. The van der Waals surface area contributed by atoms with Crippen molar-refractivity contribution in [1.29, 1.82) is 0 Å². The highest BCUT2D eigenvalue weighted by Gasteiger charge is 1.95. The monoisotopic (exact) mass is 315 g/mol. The van der Waals surface area contributed by atoms with Gasteiger partial charge >= 0.3 is 0 Å². The molecule has 0 aliphatic carbocycles. The number of alkyl halides is 1. The van der Waals surface area contributed by atoms with Gasteiger partial charge in [0.05, 0.1) is 7.11 Å². The number of hydrogen-bond acceptors (Lipinski definition) is 3. The Kier molecular flexibility index (Phi) is 8.69. The molecule has 0 saturated heterocycles. The van der Waals surface area contributed by atoms with Gasteiger partial charge in [0.1, 0.15) is 18.1 Å².